The maximum absolute atomic E-state index is 12.7. The molecule has 3 heterocycles. The van der Waals surface area contributed by atoms with Crippen LogP contribution in [0.3, 0.4) is 0 Å². The van der Waals surface area contributed by atoms with Gasteiger partial charge in [-0.3, -0.25) is 9.69 Å². The van der Waals surface area contributed by atoms with Crippen molar-refractivity contribution in [3.8, 4) is 5.75 Å². The molecule has 0 bridgehead atoms. The van der Waals surface area contributed by atoms with E-state index >= 15 is 0 Å². The summed E-state index contributed by atoms with van der Waals surface area (Å²) in [5, 5.41) is 3.17. The minimum Gasteiger partial charge on any atom is -0.497 e. The smallest absolute Gasteiger partial charge is 0.225 e. The summed E-state index contributed by atoms with van der Waals surface area (Å²) in [6, 6.07) is 10.2. The molecule has 2 aliphatic rings. The van der Waals surface area contributed by atoms with Gasteiger partial charge in [0.2, 0.25) is 11.9 Å². The zero-order valence-corrected chi connectivity index (χ0v) is 19.9. The Labute approximate surface area is 196 Å². The summed E-state index contributed by atoms with van der Waals surface area (Å²) in [6.07, 6.45) is 4.69. The van der Waals surface area contributed by atoms with E-state index in [-0.39, 0.29) is 11.8 Å². The van der Waals surface area contributed by atoms with Gasteiger partial charge in [-0.25, -0.2) is 9.97 Å². The van der Waals surface area contributed by atoms with Gasteiger partial charge in [0, 0.05) is 63.4 Å². The van der Waals surface area contributed by atoms with Gasteiger partial charge in [0.05, 0.1) is 13.0 Å². The number of ether oxygens (including phenoxy) is 1. The molecule has 1 amide bonds. The van der Waals surface area contributed by atoms with Crippen molar-refractivity contribution >= 4 is 17.5 Å². The number of piperidine rings is 1. The molecular weight excluding hydrogens is 416 g/mol. The summed E-state index contributed by atoms with van der Waals surface area (Å²) in [5.41, 5.74) is 2.21. The molecule has 2 saturated heterocycles. The average Bonchev–Trinajstić information content (AvgIpc) is 2.87. The van der Waals surface area contributed by atoms with Gasteiger partial charge in [-0.2, -0.15) is 0 Å². The predicted molar refractivity (Wildman–Crippen MR) is 131 cm³/mol. The Morgan fingerprint density at radius 2 is 1.88 bits per heavy atom. The Hall–Kier alpha value is -2.87. The van der Waals surface area contributed by atoms with Crippen molar-refractivity contribution in [1.82, 2.24) is 20.2 Å². The van der Waals surface area contributed by atoms with E-state index in [0.717, 1.165) is 82.5 Å². The molecule has 0 radical (unpaired) electrons. The first-order valence-electron chi connectivity index (χ1n) is 12.1. The Bertz CT molecular complexity index is 898. The Balaban J connectivity index is 1.14. The molecule has 2 aliphatic heterocycles. The van der Waals surface area contributed by atoms with Crippen LogP contribution in [-0.4, -0.2) is 80.2 Å². The van der Waals surface area contributed by atoms with Crippen LogP contribution in [0.15, 0.2) is 36.5 Å². The van der Waals surface area contributed by atoms with Crippen LogP contribution in [0.4, 0.5) is 11.6 Å². The third kappa shape index (κ3) is 6.35. The summed E-state index contributed by atoms with van der Waals surface area (Å²) in [4.78, 5) is 28.7. The number of aromatic nitrogens is 2. The maximum atomic E-state index is 12.7. The van der Waals surface area contributed by atoms with E-state index in [1.165, 1.54) is 5.69 Å². The van der Waals surface area contributed by atoms with E-state index < -0.39 is 0 Å². The van der Waals surface area contributed by atoms with Gasteiger partial charge in [0.1, 0.15) is 5.75 Å². The number of benzene rings is 1. The van der Waals surface area contributed by atoms with Crippen LogP contribution in [0.5, 0.6) is 5.75 Å². The number of amides is 1. The van der Waals surface area contributed by atoms with Gasteiger partial charge in [-0.05, 0) is 63.1 Å². The molecule has 33 heavy (non-hydrogen) atoms. The molecule has 1 aromatic carbocycles. The first kappa shape index (κ1) is 23.3. The first-order chi connectivity index (χ1) is 16.1. The van der Waals surface area contributed by atoms with E-state index in [9.17, 15) is 4.79 Å². The highest BCUT2D eigenvalue weighted by atomic mass is 16.5. The normalized spacial score (nSPS) is 19.4. The van der Waals surface area contributed by atoms with E-state index in [2.05, 4.69) is 42.1 Å². The van der Waals surface area contributed by atoms with E-state index in [0.29, 0.717) is 6.54 Å². The van der Waals surface area contributed by atoms with Crippen molar-refractivity contribution < 1.29 is 9.53 Å². The number of carbonyl (C=O) groups is 1. The van der Waals surface area contributed by atoms with Crippen molar-refractivity contribution in [2.75, 3.05) is 69.3 Å². The number of anilines is 2. The Morgan fingerprint density at radius 1 is 1.09 bits per heavy atom. The van der Waals surface area contributed by atoms with Gasteiger partial charge < -0.3 is 19.9 Å². The first-order valence-corrected chi connectivity index (χ1v) is 12.1. The molecule has 2 fully saturated rings. The highest BCUT2D eigenvalue weighted by molar-refractivity contribution is 5.79. The van der Waals surface area contributed by atoms with Crippen LogP contribution in [-0.2, 0) is 4.79 Å². The van der Waals surface area contributed by atoms with Crippen molar-refractivity contribution in [3.05, 3.63) is 42.2 Å². The second-order valence-electron chi connectivity index (χ2n) is 8.95. The molecule has 178 valence electrons. The topological polar surface area (TPSA) is 73.8 Å². The molecule has 0 saturated carbocycles. The summed E-state index contributed by atoms with van der Waals surface area (Å²) in [5.74, 6) is 1.80. The van der Waals surface area contributed by atoms with Crippen molar-refractivity contribution in [3.63, 3.8) is 0 Å². The number of hydrogen-bond acceptors (Lipinski definition) is 7. The monoisotopic (exact) mass is 452 g/mol. The summed E-state index contributed by atoms with van der Waals surface area (Å²) < 4.78 is 5.25. The van der Waals surface area contributed by atoms with Gasteiger partial charge in [0.25, 0.3) is 0 Å². The largest absolute Gasteiger partial charge is 0.497 e. The van der Waals surface area contributed by atoms with Crippen LogP contribution in [0, 0.1) is 12.8 Å². The Morgan fingerprint density at radius 3 is 2.61 bits per heavy atom. The van der Waals surface area contributed by atoms with Gasteiger partial charge >= 0.3 is 0 Å². The molecule has 1 N–H and O–H groups in total. The highest BCUT2D eigenvalue weighted by Gasteiger charge is 2.27. The fourth-order valence-electron chi connectivity index (χ4n) is 4.64. The number of aryl methyl sites for hydroxylation is 1. The lowest BCUT2D eigenvalue weighted by molar-refractivity contribution is -0.125. The van der Waals surface area contributed by atoms with Crippen LogP contribution in [0.2, 0.25) is 0 Å². The van der Waals surface area contributed by atoms with E-state index in [1.54, 1.807) is 13.3 Å². The summed E-state index contributed by atoms with van der Waals surface area (Å²) in [7, 11) is 1.69. The van der Waals surface area contributed by atoms with Crippen molar-refractivity contribution in [1.29, 1.82) is 0 Å². The molecule has 0 unspecified atom stereocenters. The molecule has 1 atom stereocenters. The zero-order valence-electron chi connectivity index (χ0n) is 19.9. The summed E-state index contributed by atoms with van der Waals surface area (Å²) in [6.45, 7) is 9.48. The molecule has 0 aliphatic carbocycles. The standard InChI is InChI=1S/C25H36N6O2/c1-20-10-12-27-25(28-20)31-14-3-5-21(19-31)24(32)26-11-4-13-29-15-17-30(18-16-29)22-6-8-23(33-2)9-7-22/h6-10,12,21H,3-5,11,13-19H2,1-2H3,(H,26,32)/t21-/m1/s1. The van der Waals surface area contributed by atoms with E-state index in [1.807, 2.05) is 25.1 Å². The fourth-order valence-corrected chi connectivity index (χ4v) is 4.64. The van der Waals surface area contributed by atoms with Gasteiger partial charge in [-0.15, -0.1) is 0 Å². The zero-order chi connectivity index (χ0) is 23.0. The number of nitrogens with zero attached hydrogens (tertiary/aromatic N) is 5. The lowest BCUT2D eigenvalue weighted by atomic mass is 9.97. The minimum absolute atomic E-state index is 0.0101. The number of piperazine rings is 1. The molecule has 8 nitrogen and oxygen atoms in total. The number of rotatable bonds is 8. The molecule has 4 rings (SSSR count). The van der Waals surface area contributed by atoms with Crippen LogP contribution in [0.25, 0.3) is 0 Å². The average molecular weight is 453 g/mol. The summed E-state index contributed by atoms with van der Waals surface area (Å²) >= 11 is 0. The lowest BCUT2D eigenvalue weighted by Crippen LogP contribution is -2.47. The van der Waals surface area contributed by atoms with Gasteiger partial charge in [0.15, 0.2) is 0 Å². The van der Waals surface area contributed by atoms with Crippen molar-refractivity contribution in [2.24, 2.45) is 5.92 Å². The second kappa shape index (κ2) is 11.3. The molecule has 2 aromatic rings. The number of methoxy groups -OCH3 is 1. The SMILES string of the molecule is COc1ccc(N2CCN(CCCNC(=O)[C@@H]3CCCN(c4nccc(C)n4)C3)CC2)cc1. The Kier molecular flexibility index (Phi) is 7.99. The quantitative estimate of drug-likeness (QED) is 0.616. The molecule has 0 spiro atoms. The van der Waals surface area contributed by atoms with Gasteiger partial charge in [-0.1, -0.05) is 0 Å². The van der Waals surface area contributed by atoms with Crippen LogP contribution < -0.4 is 19.9 Å². The lowest BCUT2D eigenvalue weighted by Gasteiger charge is -2.36. The van der Waals surface area contributed by atoms with Crippen LogP contribution >= 0.6 is 0 Å². The predicted octanol–water partition coefficient (Wildman–Crippen LogP) is 2.34. The third-order valence-electron chi connectivity index (χ3n) is 6.62. The molecule has 8 heteroatoms. The fraction of sp³-hybridized carbons (Fsp3) is 0.560. The minimum atomic E-state index is 0.0101. The van der Waals surface area contributed by atoms with Crippen LogP contribution in [0.1, 0.15) is 25.0 Å². The molecule has 1 aromatic heterocycles. The third-order valence-corrected chi connectivity index (χ3v) is 6.62. The number of carbonyl (C=O) groups excluding carboxylic acids is 1. The number of nitrogens with one attached hydrogen (secondary N) is 1. The molecular formula is C25H36N6O2. The van der Waals surface area contributed by atoms with E-state index in [4.69, 9.17) is 4.74 Å². The highest BCUT2D eigenvalue weighted by Crippen LogP contribution is 2.21. The second-order valence-corrected chi connectivity index (χ2v) is 8.95. The number of hydrogen-bond donors (Lipinski definition) is 1. The van der Waals surface area contributed by atoms with Crippen molar-refractivity contribution in [2.45, 2.75) is 26.2 Å². The maximum Gasteiger partial charge on any atom is 0.225 e.